The summed E-state index contributed by atoms with van der Waals surface area (Å²) in [5.74, 6) is 0. The molecule has 0 saturated carbocycles. The summed E-state index contributed by atoms with van der Waals surface area (Å²) in [6.45, 7) is 6.55. The molecule has 0 aliphatic carbocycles. The van der Waals surface area contributed by atoms with Crippen molar-refractivity contribution >= 4 is 0 Å². The Bertz CT molecular complexity index is 329. The van der Waals surface area contributed by atoms with E-state index in [0.717, 1.165) is 0 Å². The minimum absolute atomic E-state index is 0. The van der Waals surface area contributed by atoms with Crippen molar-refractivity contribution in [3.8, 4) is 0 Å². The molecule has 2 heteroatoms. The van der Waals surface area contributed by atoms with E-state index in [-0.39, 0.29) is 23.2 Å². The van der Waals surface area contributed by atoms with Gasteiger partial charge in [0.2, 0.25) is 0 Å². The van der Waals surface area contributed by atoms with Crippen molar-refractivity contribution in [1.29, 1.82) is 0 Å². The van der Waals surface area contributed by atoms with Crippen LogP contribution in [0.1, 0.15) is 23.6 Å². The van der Waals surface area contributed by atoms with E-state index in [1.54, 1.807) is 0 Å². The maximum Gasteiger partial charge on any atom is 0 e. The molecule has 0 spiro atoms. The molecule has 0 aliphatic rings. The molecular weight excluding hydrogens is 238 g/mol. The van der Waals surface area contributed by atoms with E-state index in [1.165, 1.54) is 23.1 Å². The number of rotatable bonds is 1. The quantitative estimate of drug-likeness (QED) is 0.606. The molecule has 0 radical (unpaired) electrons. The smallest absolute Gasteiger partial charge is 0 e. The molecule has 0 heterocycles. The van der Waals surface area contributed by atoms with Crippen molar-refractivity contribution in [2.75, 3.05) is 0 Å². The first-order valence-electron chi connectivity index (χ1n) is 5.14. The van der Waals surface area contributed by atoms with Gasteiger partial charge in [-0.2, -0.15) is 22.8 Å². The van der Waals surface area contributed by atoms with Gasteiger partial charge in [-0.3, -0.25) is 0 Å². The van der Waals surface area contributed by atoms with Gasteiger partial charge in [-0.25, -0.2) is 6.07 Å². The number of aryl methyl sites for hydroxylation is 2. The van der Waals surface area contributed by atoms with Crippen LogP contribution < -0.4 is 6.15 Å². The molecule has 0 atom stereocenters. The van der Waals surface area contributed by atoms with E-state index in [1.807, 2.05) is 30.3 Å². The molecule has 2 rings (SSSR count). The molecule has 0 saturated heterocycles. The minimum atomic E-state index is 0. The zero-order valence-electron chi connectivity index (χ0n) is 10.3. The first-order valence-corrected chi connectivity index (χ1v) is 5.14. The summed E-state index contributed by atoms with van der Waals surface area (Å²) in [6.07, 6.45) is 1.17. The molecule has 0 bridgehead atoms. The van der Waals surface area contributed by atoms with Gasteiger partial charge in [0.05, 0.1) is 0 Å². The number of hydrogen-bond donors (Lipinski definition) is 1. The second kappa shape index (κ2) is 9.41. The van der Waals surface area contributed by atoms with Gasteiger partial charge in [-0.1, -0.05) is 27.2 Å². The molecule has 16 heavy (non-hydrogen) atoms. The summed E-state index contributed by atoms with van der Waals surface area (Å²) in [6, 6.07) is 14.4. The second-order valence-electron chi connectivity index (χ2n) is 3.48. The summed E-state index contributed by atoms with van der Waals surface area (Å²) >= 11 is 0. The molecule has 1 nitrogen and oxygen atoms in total. The molecule has 0 aromatic heterocycles. The Morgan fingerprint density at radius 3 is 1.69 bits per heavy atom. The second-order valence-corrected chi connectivity index (χ2v) is 3.48. The van der Waals surface area contributed by atoms with Crippen LogP contribution in [0.3, 0.4) is 0 Å². The monoisotopic (exact) mass is 259 g/mol. The van der Waals surface area contributed by atoms with Crippen molar-refractivity contribution < 1.29 is 17.1 Å². The van der Waals surface area contributed by atoms with Gasteiger partial charge in [0.1, 0.15) is 0 Å². The summed E-state index contributed by atoms with van der Waals surface area (Å²) in [5, 5.41) is 0. The molecular formula is C14H21FeN-6. The summed E-state index contributed by atoms with van der Waals surface area (Å²) in [5.41, 5.74) is 4.39. The predicted octanol–water partition coefficient (Wildman–Crippen LogP) is 4.15. The third-order valence-corrected chi connectivity index (χ3v) is 2.54. The van der Waals surface area contributed by atoms with Gasteiger partial charge in [0.25, 0.3) is 0 Å². The van der Waals surface area contributed by atoms with Crippen LogP contribution in [-0.4, -0.2) is 0 Å². The van der Waals surface area contributed by atoms with Gasteiger partial charge < -0.3 is 36.5 Å². The fourth-order valence-electron chi connectivity index (χ4n) is 1.43. The zero-order valence-corrected chi connectivity index (χ0v) is 11.4. The normalized spacial score (nSPS) is 8.19. The molecule has 0 fully saturated rings. The topological polar surface area (TPSA) is 35.0 Å². The third-order valence-electron chi connectivity index (χ3n) is 2.54. The number of hydrogen-bond acceptors (Lipinski definition) is 1. The molecule has 96 valence electrons. The van der Waals surface area contributed by atoms with Crippen LogP contribution in [0.15, 0.2) is 42.5 Å². The van der Waals surface area contributed by atoms with Crippen molar-refractivity contribution in [2.24, 2.45) is 0 Å². The molecule has 2 aromatic carbocycles. The summed E-state index contributed by atoms with van der Waals surface area (Å²) in [7, 11) is 0. The summed E-state index contributed by atoms with van der Waals surface area (Å²) in [4.78, 5) is 0. The van der Waals surface area contributed by atoms with E-state index in [4.69, 9.17) is 0 Å². The van der Waals surface area contributed by atoms with Crippen molar-refractivity contribution in [3.05, 3.63) is 59.2 Å². The van der Waals surface area contributed by atoms with Crippen molar-refractivity contribution in [1.82, 2.24) is 6.15 Å². The first kappa shape index (κ1) is 17.6. The summed E-state index contributed by atoms with van der Waals surface area (Å²) < 4.78 is 0. The molecule has 0 unspecified atom stereocenters. The van der Waals surface area contributed by atoms with Gasteiger partial charge in [-0.05, 0) is 0 Å². The van der Waals surface area contributed by atoms with Crippen LogP contribution in [0.5, 0.6) is 0 Å². The average molecular weight is 259 g/mol. The van der Waals surface area contributed by atoms with E-state index < -0.39 is 0 Å². The molecule has 0 aliphatic heterocycles. The third kappa shape index (κ3) is 5.31. The van der Waals surface area contributed by atoms with Crippen molar-refractivity contribution in [3.63, 3.8) is 0 Å². The van der Waals surface area contributed by atoms with Gasteiger partial charge in [0.15, 0.2) is 0 Å². The van der Waals surface area contributed by atoms with Crippen LogP contribution in [0, 0.1) is 13.8 Å². The van der Waals surface area contributed by atoms with Crippen LogP contribution in [0.4, 0.5) is 0 Å². The van der Waals surface area contributed by atoms with E-state index in [9.17, 15) is 0 Å². The Labute approximate surface area is 110 Å². The fourth-order valence-corrected chi connectivity index (χ4v) is 1.43. The largest absolute Gasteiger partial charge is 0.748 e. The Balaban J connectivity index is 0. The van der Waals surface area contributed by atoms with Crippen LogP contribution in [-0.2, 0) is 23.5 Å². The molecule has 3 N–H and O–H groups in total. The molecule has 0 amide bonds. The van der Waals surface area contributed by atoms with E-state index in [2.05, 4.69) is 32.9 Å². The Kier molecular flexibility index (Phi) is 10.3. The fraction of sp³-hybridized carbons (Fsp3) is 0.286. The zero-order chi connectivity index (χ0) is 10.4. The maximum absolute atomic E-state index is 2.21. The van der Waals surface area contributed by atoms with Crippen molar-refractivity contribution in [2.45, 2.75) is 27.2 Å². The van der Waals surface area contributed by atoms with Crippen LogP contribution >= 0.6 is 0 Å². The van der Waals surface area contributed by atoms with E-state index in [0.29, 0.717) is 0 Å². The Morgan fingerprint density at radius 1 is 1.06 bits per heavy atom. The van der Waals surface area contributed by atoms with Gasteiger partial charge >= 0.3 is 0 Å². The van der Waals surface area contributed by atoms with Crippen LogP contribution in [0.25, 0.3) is 0 Å². The first-order chi connectivity index (χ1) is 6.75. The Hall–Kier alpha value is -0.821. The maximum atomic E-state index is 2.21. The Morgan fingerprint density at radius 2 is 1.50 bits per heavy atom. The standard InChI is InChI=1S/C9H13.C5H5.Fe.H3N/c1-4-9-6-5-7(2)8(9)3;1-2-4-5-3-1;;/h5-6H,4H2,1-3H3;1-5H;;1H3/q-1;-5;;. The SMILES string of the molecule is CC[c-]1ccc(C)c1C.N.[Fe].[cH-]1[cH-][cH-][cH-][cH-]1. The predicted molar refractivity (Wildman–Crippen MR) is 67.9 cm³/mol. The van der Waals surface area contributed by atoms with Gasteiger partial charge in [0, 0.05) is 17.1 Å². The minimum Gasteiger partial charge on any atom is -0.748 e. The van der Waals surface area contributed by atoms with Crippen LogP contribution in [0.2, 0.25) is 0 Å². The molecule has 2 aromatic rings. The van der Waals surface area contributed by atoms with Gasteiger partial charge in [-0.15, -0.1) is 0 Å². The average Bonchev–Trinajstić information content (AvgIpc) is 2.82. The van der Waals surface area contributed by atoms with E-state index >= 15 is 0 Å².